The standard InChI is InChI=1S/C11H17NOSi/c1-14(2,9-8-11(12)13)10-6-4-3-5-7-10/h3-7H,8-9H2,1-2H3,(H2,12,13). The Hall–Kier alpha value is -1.09. The highest BCUT2D eigenvalue weighted by atomic mass is 28.3. The van der Waals surface area contributed by atoms with Crippen LogP contribution in [0.4, 0.5) is 0 Å². The number of carbonyl (C=O) groups excluding carboxylic acids is 1. The summed E-state index contributed by atoms with van der Waals surface area (Å²) in [6.45, 7) is 4.54. The number of benzene rings is 1. The highest BCUT2D eigenvalue weighted by molar-refractivity contribution is 6.89. The molecule has 14 heavy (non-hydrogen) atoms. The summed E-state index contributed by atoms with van der Waals surface area (Å²) >= 11 is 0. The Labute approximate surface area is 86.1 Å². The maximum Gasteiger partial charge on any atom is 0.217 e. The van der Waals surface area contributed by atoms with Crippen LogP contribution in [0.2, 0.25) is 19.1 Å². The van der Waals surface area contributed by atoms with E-state index in [-0.39, 0.29) is 5.91 Å². The Morgan fingerprint density at radius 2 is 1.86 bits per heavy atom. The maximum absolute atomic E-state index is 10.7. The molecule has 1 rings (SSSR count). The van der Waals surface area contributed by atoms with Gasteiger partial charge in [0.05, 0.1) is 8.07 Å². The van der Waals surface area contributed by atoms with Gasteiger partial charge in [-0.3, -0.25) is 4.79 Å². The zero-order valence-electron chi connectivity index (χ0n) is 8.79. The number of hydrogen-bond acceptors (Lipinski definition) is 1. The fourth-order valence-corrected chi connectivity index (χ4v) is 3.72. The van der Waals surface area contributed by atoms with E-state index in [4.69, 9.17) is 5.73 Å². The van der Waals surface area contributed by atoms with Gasteiger partial charge in [-0.2, -0.15) is 0 Å². The molecular weight excluding hydrogens is 190 g/mol. The van der Waals surface area contributed by atoms with E-state index in [1.807, 2.05) is 18.2 Å². The molecule has 2 nitrogen and oxygen atoms in total. The summed E-state index contributed by atoms with van der Waals surface area (Å²) in [5, 5.41) is 1.39. The average molecular weight is 207 g/mol. The zero-order valence-corrected chi connectivity index (χ0v) is 9.79. The molecule has 76 valence electrons. The van der Waals surface area contributed by atoms with Gasteiger partial charge in [-0.15, -0.1) is 0 Å². The van der Waals surface area contributed by atoms with Gasteiger partial charge < -0.3 is 5.73 Å². The number of carbonyl (C=O) groups is 1. The van der Waals surface area contributed by atoms with Crippen LogP contribution in [-0.4, -0.2) is 14.0 Å². The van der Waals surface area contributed by atoms with Crippen molar-refractivity contribution >= 4 is 19.2 Å². The first-order chi connectivity index (χ1) is 6.52. The van der Waals surface area contributed by atoms with E-state index in [1.54, 1.807) is 0 Å². The van der Waals surface area contributed by atoms with Crippen LogP contribution in [0.25, 0.3) is 0 Å². The Bertz CT molecular complexity index is 308. The summed E-state index contributed by atoms with van der Waals surface area (Å²) in [6, 6.07) is 11.3. The molecule has 0 bridgehead atoms. The summed E-state index contributed by atoms with van der Waals surface area (Å²) in [5.74, 6) is -0.193. The van der Waals surface area contributed by atoms with Crippen LogP contribution < -0.4 is 10.9 Å². The van der Waals surface area contributed by atoms with Gasteiger partial charge >= 0.3 is 0 Å². The van der Waals surface area contributed by atoms with Crippen LogP contribution in [0.5, 0.6) is 0 Å². The van der Waals surface area contributed by atoms with Gasteiger partial charge in [0.2, 0.25) is 5.91 Å². The molecule has 0 aliphatic rings. The van der Waals surface area contributed by atoms with Crippen molar-refractivity contribution in [3.05, 3.63) is 30.3 Å². The Balaban J connectivity index is 2.70. The van der Waals surface area contributed by atoms with Gasteiger partial charge in [0.25, 0.3) is 0 Å². The molecule has 1 amide bonds. The third-order valence-electron chi connectivity index (χ3n) is 2.55. The SMILES string of the molecule is C[Si](C)(CCC(N)=O)c1ccccc1. The van der Waals surface area contributed by atoms with E-state index in [0.29, 0.717) is 6.42 Å². The van der Waals surface area contributed by atoms with E-state index in [9.17, 15) is 4.79 Å². The highest BCUT2D eigenvalue weighted by Crippen LogP contribution is 2.11. The van der Waals surface area contributed by atoms with Crippen LogP contribution in [0.15, 0.2) is 30.3 Å². The topological polar surface area (TPSA) is 43.1 Å². The van der Waals surface area contributed by atoms with Crippen molar-refractivity contribution in [1.82, 2.24) is 0 Å². The number of amides is 1. The Morgan fingerprint density at radius 3 is 2.36 bits per heavy atom. The molecule has 0 saturated carbocycles. The van der Waals surface area contributed by atoms with Crippen molar-refractivity contribution in [3.8, 4) is 0 Å². The van der Waals surface area contributed by atoms with Crippen molar-refractivity contribution in [2.45, 2.75) is 25.6 Å². The summed E-state index contributed by atoms with van der Waals surface area (Å²) in [4.78, 5) is 10.7. The largest absolute Gasteiger partial charge is 0.370 e. The molecule has 0 spiro atoms. The lowest BCUT2D eigenvalue weighted by molar-refractivity contribution is -0.117. The fourth-order valence-electron chi connectivity index (χ4n) is 1.47. The minimum absolute atomic E-state index is 0.193. The fraction of sp³-hybridized carbons (Fsp3) is 0.364. The van der Waals surface area contributed by atoms with E-state index in [1.165, 1.54) is 5.19 Å². The first-order valence-electron chi connectivity index (χ1n) is 4.86. The summed E-state index contributed by atoms with van der Waals surface area (Å²) < 4.78 is 0. The normalized spacial score (nSPS) is 11.3. The average Bonchev–Trinajstić information content (AvgIpc) is 2.16. The smallest absolute Gasteiger partial charge is 0.217 e. The molecule has 0 heterocycles. The van der Waals surface area contributed by atoms with Crippen molar-refractivity contribution in [3.63, 3.8) is 0 Å². The summed E-state index contributed by atoms with van der Waals surface area (Å²) in [7, 11) is -1.44. The van der Waals surface area contributed by atoms with Crippen LogP contribution in [0.1, 0.15) is 6.42 Å². The molecule has 0 saturated heterocycles. The number of nitrogens with two attached hydrogens (primary N) is 1. The summed E-state index contributed by atoms with van der Waals surface area (Å²) in [5.41, 5.74) is 5.16. The van der Waals surface area contributed by atoms with Gasteiger partial charge in [0, 0.05) is 6.42 Å². The third-order valence-corrected chi connectivity index (χ3v) is 5.95. The lowest BCUT2D eigenvalue weighted by Crippen LogP contribution is -2.41. The molecule has 0 aliphatic heterocycles. The minimum atomic E-state index is -1.44. The molecule has 2 N–H and O–H groups in total. The first-order valence-corrected chi connectivity index (χ1v) is 8.07. The molecular formula is C11H17NOSi. The second kappa shape index (κ2) is 4.42. The minimum Gasteiger partial charge on any atom is -0.370 e. The number of rotatable bonds is 4. The lowest BCUT2D eigenvalue weighted by atomic mass is 10.4. The van der Waals surface area contributed by atoms with Gasteiger partial charge in [-0.05, 0) is 6.04 Å². The molecule has 3 heteroatoms. The monoisotopic (exact) mass is 207 g/mol. The Kier molecular flexibility index (Phi) is 3.47. The van der Waals surface area contributed by atoms with Crippen LogP contribution in [0, 0.1) is 0 Å². The predicted octanol–water partition coefficient (Wildman–Crippen LogP) is 1.48. The molecule has 0 aliphatic carbocycles. The van der Waals surface area contributed by atoms with Crippen molar-refractivity contribution < 1.29 is 4.79 Å². The van der Waals surface area contributed by atoms with Gasteiger partial charge in [-0.25, -0.2) is 0 Å². The van der Waals surface area contributed by atoms with Crippen LogP contribution in [-0.2, 0) is 4.79 Å². The van der Waals surface area contributed by atoms with Crippen molar-refractivity contribution in [2.75, 3.05) is 0 Å². The van der Waals surface area contributed by atoms with Crippen molar-refractivity contribution in [2.24, 2.45) is 5.73 Å². The van der Waals surface area contributed by atoms with E-state index >= 15 is 0 Å². The van der Waals surface area contributed by atoms with Gasteiger partial charge in [0.1, 0.15) is 0 Å². The molecule has 0 aromatic heterocycles. The van der Waals surface area contributed by atoms with E-state index in [2.05, 4.69) is 25.2 Å². The van der Waals surface area contributed by atoms with Crippen molar-refractivity contribution in [1.29, 1.82) is 0 Å². The number of primary amides is 1. The van der Waals surface area contributed by atoms with Crippen LogP contribution >= 0.6 is 0 Å². The highest BCUT2D eigenvalue weighted by Gasteiger charge is 2.23. The van der Waals surface area contributed by atoms with Gasteiger partial charge in [-0.1, -0.05) is 48.6 Å². The summed E-state index contributed by atoms with van der Waals surface area (Å²) in [6.07, 6.45) is 0.508. The molecule has 1 aromatic carbocycles. The van der Waals surface area contributed by atoms with E-state index < -0.39 is 8.07 Å². The molecule has 0 radical (unpaired) electrons. The maximum atomic E-state index is 10.7. The molecule has 0 fully saturated rings. The van der Waals surface area contributed by atoms with Crippen LogP contribution in [0.3, 0.4) is 0 Å². The zero-order chi connectivity index (χ0) is 10.6. The third kappa shape index (κ3) is 2.99. The lowest BCUT2D eigenvalue weighted by Gasteiger charge is -2.21. The van der Waals surface area contributed by atoms with Gasteiger partial charge in [0.15, 0.2) is 0 Å². The predicted molar refractivity (Wildman–Crippen MR) is 62.2 cm³/mol. The first kappa shape index (κ1) is 11.0. The Morgan fingerprint density at radius 1 is 1.29 bits per heavy atom. The number of hydrogen-bond donors (Lipinski definition) is 1. The van der Waals surface area contributed by atoms with E-state index in [0.717, 1.165) is 6.04 Å². The molecule has 0 unspecified atom stereocenters. The quantitative estimate of drug-likeness (QED) is 0.747. The molecule has 0 atom stereocenters. The second-order valence-electron chi connectivity index (χ2n) is 4.22. The molecule has 1 aromatic rings. The second-order valence-corrected chi connectivity index (χ2v) is 9.06.